The molecule has 128 valence electrons. The van der Waals surface area contributed by atoms with Crippen molar-refractivity contribution >= 4 is 23.2 Å². The second-order valence-electron chi connectivity index (χ2n) is 5.58. The summed E-state index contributed by atoms with van der Waals surface area (Å²) in [5.41, 5.74) is 1.64. The molecular formula is C17H14Cl2N4O2. The lowest BCUT2D eigenvalue weighted by Gasteiger charge is -2.11. The third kappa shape index (κ3) is 3.41. The molecule has 4 rings (SSSR count). The van der Waals surface area contributed by atoms with Gasteiger partial charge in [-0.15, -0.1) is 10.2 Å². The highest BCUT2D eigenvalue weighted by Crippen LogP contribution is 2.38. The van der Waals surface area contributed by atoms with Gasteiger partial charge < -0.3 is 9.47 Å². The van der Waals surface area contributed by atoms with E-state index < -0.39 is 0 Å². The molecule has 0 aliphatic carbocycles. The molecule has 0 spiro atoms. The molecule has 2 heterocycles. The predicted molar refractivity (Wildman–Crippen MR) is 94.4 cm³/mol. The van der Waals surface area contributed by atoms with Crippen LogP contribution in [0.5, 0.6) is 11.5 Å². The molecule has 0 unspecified atom stereocenters. The predicted octanol–water partition coefficient (Wildman–Crippen LogP) is 3.86. The van der Waals surface area contributed by atoms with Gasteiger partial charge in [0.2, 0.25) is 5.82 Å². The van der Waals surface area contributed by atoms with Crippen molar-refractivity contribution < 1.29 is 9.47 Å². The fourth-order valence-corrected chi connectivity index (χ4v) is 3.11. The Bertz CT molecular complexity index is 913. The van der Waals surface area contributed by atoms with Crippen molar-refractivity contribution in [3.8, 4) is 22.9 Å². The molecule has 1 aliphatic rings. The highest BCUT2D eigenvalue weighted by Gasteiger charge is 2.16. The van der Waals surface area contributed by atoms with Crippen molar-refractivity contribution in [1.82, 2.24) is 20.2 Å². The molecule has 1 aliphatic heterocycles. The van der Waals surface area contributed by atoms with Crippen LogP contribution in [0, 0.1) is 0 Å². The Hall–Kier alpha value is -2.31. The van der Waals surface area contributed by atoms with Crippen LogP contribution in [0.2, 0.25) is 10.0 Å². The monoisotopic (exact) mass is 376 g/mol. The first-order valence-electron chi connectivity index (χ1n) is 7.81. The molecule has 3 aromatic rings. The third-order valence-corrected chi connectivity index (χ3v) is 4.36. The van der Waals surface area contributed by atoms with E-state index in [0.717, 1.165) is 17.5 Å². The Kier molecular flexibility index (Phi) is 4.46. The number of tetrazole rings is 1. The topological polar surface area (TPSA) is 62.1 Å². The Balaban J connectivity index is 1.60. The van der Waals surface area contributed by atoms with E-state index in [1.807, 2.05) is 30.3 Å². The molecule has 0 amide bonds. The number of ether oxygens (including phenoxy) is 2. The minimum atomic E-state index is 0.411. The quantitative estimate of drug-likeness (QED) is 0.694. The maximum atomic E-state index is 6.32. The number of hydrogen-bond acceptors (Lipinski definition) is 5. The third-order valence-electron chi connectivity index (χ3n) is 3.75. The summed E-state index contributed by atoms with van der Waals surface area (Å²) in [7, 11) is 0. The second-order valence-corrected chi connectivity index (χ2v) is 6.39. The van der Waals surface area contributed by atoms with Gasteiger partial charge in [0.15, 0.2) is 11.5 Å². The van der Waals surface area contributed by atoms with Crippen LogP contribution in [-0.2, 0) is 6.54 Å². The number of fused-ring (bicyclic) bond motifs is 1. The molecule has 25 heavy (non-hydrogen) atoms. The van der Waals surface area contributed by atoms with Gasteiger partial charge in [-0.25, -0.2) is 0 Å². The lowest BCUT2D eigenvalue weighted by Crippen LogP contribution is -2.05. The zero-order valence-electron chi connectivity index (χ0n) is 13.2. The summed E-state index contributed by atoms with van der Waals surface area (Å²) in [5.74, 6) is 1.71. The van der Waals surface area contributed by atoms with Gasteiger partial charge in [0.25, 0.3) is 0 Å². The number of rotatable bonds is 3. The molecule has 2 aromatic carbocycles. The van der Waals surface area contributed by atoms with E-state index in [2.05, 4.69) is 15.4 Å². The number of aromatic nitrogens is 4. The Labute approximate surface area is 154 Å². The molecule has 8 heteroatoms. The van der Waals surface area contributed by atoms with Crippen molar-refractivity contribution in [1.29, 1.82) is 0 Å². The molecule has 0 radical (unpaired) electrons. The van der Waals surface area contributed by atoms with E-state index in [9.17, 15) is 0 Å². The van der Waals surface area contributed by atoms with E-state index in [4.69, 9.17) is 32.7 Å². The molecule has 0 N–H and O–H groups in total. The highest BCUT2D eigenvalue weighted by molar-refractivity contribution is 6.33. The van der Waals surface area contributed by atoms with Crippen LogP contribution in [0.25, 0.3) is 11.4 Å². The number of benzene rings is 2. The van der Waals surface area contributed by atoms with Crippen LogP contribution in [0.1, 0.15) is 12.0 Å². The fraction of sp³-hybridized carbons (Fsp3) is 0.235. The van der Waals surface area contributed by atoms with Gasteiger partial charge in [-0.2, -0.15) is 4.80 Å². The maximum Gasteiger partial charge on any atom is 0.206 e. The zero-order chi connectivity index (χ0) is 17.2. The first kappa shape index (κ1) is 16.2. The fourth-order valence-electron chi connectivity index (χ4n) is 2.60. The van der Waals surface area contributed by atoms with Crippen molar-refractivity contribution in [3.05, 3.63) is 52.0 Å². The van der Waals surface area contributed by atoms with Crippen LogP contribution in [0.15, 0.2) is 36.4 Å². The van der Waals surface area contributed by atoms with Crippen LogP contribution in [-0.4, -0.2) is 33.4 Å². The lowest BCUT2D eigenvalue weighted by atomic mass is 10.2. The van der Waals surface area contributed by atoms with Gasteiger partial charge in [0.1, 0.15) is 0 Å². The summed E-state index contributed by atoms with van der Waals surface area (Å²) in [5, 5.41) is 13.7. The van der Waals surface area contributed by atoms with Crippen molar-refractivity contribution in [2.24, 2.45) is 0 Å². The average molecular weight is 377 g/mol. The van der Waals surface area contributed by atoms with E-state index in [1.165, 1.54) is 4.80 Å². The molecule has 6 nitrogen and oxygen atoms in total. The molecule has 0 fully saturated rings. The largest absolute Gasteiger partial charge is 0.489 e. The molecule has 1 aromatic heterocycles. The molecule has 0 saturated heterocycles. The Morgan fingerprint density at radius 2 is 1.88 bits per heavy atom. The summed E-state index contributed by atoms with van der Waals surface area (Å²) >= 11 is 12.5. The van der Waals surface area contributed by atoms with Crippen LogP contribution < -0.4 is 9.47 Å². The summed E-state index contributed by atoms with van der Waals surface area (Å²) in [6, 6.07) is 11.1. The Morgan fingerprint density at radius 3 is 2.76 bits per heavy atom. The van der Waals surface area contributed by atoms with Crippen LogP contribution in [0.3, 0.4) is 0 Å². The number of nitrogens with zero attached hydrogens (tertiary/aromatic N) is 4. The van der Waals surface area contributed by atoms with E-state index >= 15 is 0 Å². The molecular weight excluding hydrogens is 363 g/mol. The highest BCUT2D eigenvalue weighted by atomic mass is 35.5. The van der Waals surface area contributed by atoms with E-state index in [1.54, 1.807) is 6.07 Å². The van der Waals surface area contributed by atoms with Crippen LogP contribution in [0.4, 0.5) is 0 Å². The number of halogens is 2. The van der Waals surface area contributed by atoms with E-state index in [-0.39, 0.29) is 0 Å². The van der Waals surface area contributed by atoms with E-state index in [0.29, 0.717) is 47.1 Å². The summed E-state index contributed by atoms with van der Waals surface area (Å²) in [4.78, 5) is 1.49. The zero-order valence-corrected chi connectivity index (χ0v) is 14.7. The minimum absolute atomic E-state index is 0.411. The SMILES string of the molecule is Clc1ccccc1-c1nnn(Cc2cc(Cl)c3c(c2)OCCCO3)n1. The van der Waals surface area contributed by atoms with Gasteiger partial charge in [-0.3, -0.25) is 0 Å². The molecule has 0 atom stereocenters. The summed E-state index contributed by atoms with van der Waals surface area (Å²) in [6.07, 6.45) is 0.826. The smallest absolute Gasteiger partial charge is 0.206 e. The maximum absolute atomic E-state index is 6.32. The summed E-state index contributed by atoms with van der Waals surface area (Å²) < 4.78 is 11.3. The Morgan fingerprint density at radius 1 is 1.04 bits per heavy atom. The molecule has 0 bridgehead atoms. The average Bonchev–Trinajstić information content (AvgIpc) is 2.91. The van der Waals surface area contributed by atoms with Crippen LogP contribution >= 0.6 is 23.2 Å². The summed E-state index contributed by atoms with van der Waals surface area (Å²) in [6.45, 7) is 1.61. The number of hydrogen-bond donors (Lipinski definition) is 0. The minimum Gasteiger partial charge on any atom is -0.489 e. The van der Waals surface area contributed by atoms with Gasteiger partial charge in [-0.05, 0) is 35.0 Å². The van der Waals surface area contributed by atoms with Gasteiger partial charge in [-0.1, -0.05) is 35.3 Å². The van der Waals surface area contributed by atoms with Gasteiger partial charge >= 0.3 is 0 Å². The van der Waals surface area contributed by atoms with Crippen molar-refractivity contribution in [2.45, 2.75) is 13.0 Å². The second kappa shape index (κ2) is 6.90. The first-order chi connectivity index (χ1) is 12.2. The first-order valence-corrected chi connectivity index (χ1v) is 8.57. The van der Waals surface area contributed by atoms with Gasteiger partial charge in [0, 0.05) is 12.0 Å². The lowest BCUT2D eigenvalue weighted by molar-refractivity contribution is 0.297. The van der Waals surface area contributed by atoms with Crippen molar-refractivity contribution in [3.63, 3.8) is 0 Å². The normalized spacial score (nSPS) is 13.5. The molecule has 0 saturated carbocycles. The van der Waals surface area contributed by atoms with Crippen molar-refractivity contribution in [2.75, 3.05) is 13.2 Å². The van der Waals surface area contributed by atoms with Gasteiger partial charge in [0.05, 0.1) is 29.8 Å². The standard InChI is InChI=1S/C17H14Cl2N4O2/c18-13-5-2-1-4-12(13)17-20-22-23(21-17)10-11-8-14(19)16-15(9-11)24-6-3-7-25-16/h1-2,4-5,8-9H,3,6-7,10H2.